The first kappa shape index (κ1) is 17.2. The molecule has 0 radical (unpaired) electrons. The standard InChI is InChI=1S/C17H27NO4/c1-2-3-7-18-10-13(19)11-22-17-6-4-5-12-8-15(20)16(21)9-14(12)17/h4-6,13,15-16,18-21H,2-3,7-11H2,1H3/t13?,15-,16+/m1/s1. The minimum Gasteiger partial charge on any atom is -0.491 e. The number of rotatable bonds is 8. The van der Waals surface area contributed by atoms with Crippen molar-refractivity contribution < 1.29 is 20.1 Å². The van der Waals surface area contributed by atoms with Crippen molar-refractivity contribution >= 4 is 0 Å². The predicted octanol–water partition coefficient (Wildman–Crippen LogP) is 0.636. The Kier molecular flexibility index (Phi) is 6.64. The number of ether oxygens (including phenoxy) is 1. The SMILES string of the molecule is CCCCNCC(O)COc1cccc2c1C[C@H](O)[C@H](O)C2. The lowest BCUT2D eigenvalue weighted by Gasteiger charge is -2.27. The molecule has 1 aromatic carbocycles. The summed E-state index contributed by atoms with van der Waals surface area (Å²) in [6.45, 7) is 3.76. The van der Waals surface area contributed by atoms with Crippen molar-refractivity contribution in [3.05, 3.63) is 29.3 Å². The zero-order chi connectivity index (χ0) is 15.9. The first-order chi connectivity index (χ1) is 10.6. The van der Waals surface area contributed by atoms with Gasteiger partial charge in [0.25, 0.3) is 0 Å². The minimum atomic E-state index is -0.752. The Morgan fingerprint density at radius 3 is 2.82 bits per heavy atom. The van der Waals surface area contributed by atoms with Gasteiger partial charge in [-0.1, -0.05) is 25.5 Å². The van der Waals surface area contributed by atoms with Crippen LogP contribution in [0.2, 0.25) is 0 Å². The fourth-order valence-corrected chi connectivity index (χ4v) is 2.69. The van der Waals surface area contributed by atoms with Gasteiger partial charge in [-0.2, -0.15) is 0 Å². The van der Waals surface area contributed by atoms with Crippen molar-refractivity contribution in [1.82, 2.24) is 5.32 Å². The van der Waals surface area contributed by atoms with Crippen LogP contribution >= 0.6 is 0 Å². The third-order valence-electron chi connectivity index (χ3n) is 4.03. The van der Waals surface area contributed by atoms with E-state index in [2.05, 4.69) is 12.2 Å². The lowest BCUT2D eigenvalue weighted by atomic mass is 9.87. The third kappa shape index (κ3) is 4.68. The van der Waals surface area contributed by atoms with E-state index in [9.17, 15) is 15.3 Å². The molecule has 1 aliphatic carbocycles. The highest BCUT2D eigenvalue weighted by molar-refractivity contribution is 5.43. The Morgan fingerprint density at radius 1 is 1.27 bits per heavy atom. The summed E-state index contributed by atoms with van der Waals surface area (Å²) in [6, 6.07) is 5.67. The van der Waals surface area contributed by atoms with Crippen molar-refractivity contribution in [2.24, 2.45) is 0 Å². The Labute approximate surface area is 131 Å². The molecule has 124 valence electrons. The molecular formula is C17H27NO4. The highest BCUT2D eigenvalue weighted by Gasteiger charge is 2.27. The Hall–Kier alpha value is -1.14. The van der Waals surface area contributed by atoms with Gasteiger partial charge in [0.1, 0.15) is 18.5 Å². The van der Waals surface area contributed by atoms with E-state index >= 15 is 0 Å². The highest BCUT2D eigenvalue weighted by Crippen LogP contribution is 2.30. The largest absolute Gasteiger partial charge is 0.491 e. The molecule has 0 bridgehead atoms. The number of benzene rings is 1. The second-order valence-electron chi connectivity index (χ2n) is 5.96. The van der Waals surface area contributed by atoms with Crippen molar-refractivity contribution in [1.29, 1.82) is 0 Å². The molecule has 0 spiro atoms. The summed E-state index contributed by atoms with van der Waals surface area (Å²) in [7, 11) is 0. The first-order valence-corrected chi connectivity index (χ1v) is 8.10. The Bertz CT molecular complexity index is 466. The van der Waals surface area contributed by atoms with Crippen molar-refractivity contribution in [3.8, 4) is 5.75 Å². The van der Waals surface area contributed by atoms with Gasteiger partial charge >= 0.3 is 0 Å². The maximum Gasteiger partial charge on any atom is 0.123 e. The maximum atomic E-state index is 9.93. The maximum absolute atomic E-state index is 9.93. The van der Waals surface area contributed by atoms with Gasteiger partial charge in [-0.05, 0) is 24.6 Å². The Morgan fingerprint density at radius 2 is 2.05 bits per heavy atom. The van der Waals surface area contributed by atoms with Crippen molar-refractivity contribution in [3.63, 3.8) is 0 Å². The zero-order valence-corrected chi connectivity index (χ0v) is 13.2. The summed E-state index contributed by atoms with van der Waals surface area (Å²) in [4.78, 5) is 0. The van der Waals surface area contributed by atoms with Gasteiger partial charge in [-0.3, -0.25) is 0 Å². The summed E-state index contributed by atoms with van der Waals surface area (Å²) in [5, 5.41) is 32.7. The molecule has 1 unspecified atom stereocenters. The van der Waals surface area contributed by atoms with Crippen LogP contribution in [0.4, 0.5) is 0 Å². The predicted molar refractivity (Wildman–Crippen MR) is 85.1 cm³/mol. The van der Waals surface area contributed by atoms with E-state index in [4.69, 9.17) is 4.74 Å². The Balaban J connectivity index is 1.87. The van der Waals surface area contributed by atoms with Crippen LogP contribution < -0.4 is 10.1 Å². The quantitative estimate of drug-likeness (QED) is 0.530. The number of nitrogens with one attached hydrogen (secondary N) is 1. The van der Waals surface area contributed by atoms with Crippen LogP contribution in [-0.4, -0.2) is 53.3 Å². The third-order valence-corrected chi connectivity index (χ3v) is 4.03. The molecule has 3 atom stereocenters. The number of hydrogen-bond acceptors (Lipinski definition) is 5. The van der Waals surface area contributed by atoms with E-state index in [1.165, 1.54) is 0 Å². The number of fused-ring (bicyclic) bond motifs is 1. The van der Waals surface area contributed by atoms with Crippen LogP contribution in [-0.2, 0) is 12.8 Å². The zero-order valence-electron chi connectivity index (χ0n) is 13.2. The smallest absolute Gasteiger partial charge is 0.123 e. The summed E-state index contributed by atoms with van der Waals surface area (Å²) < 4.78 is 5.72. The summed E-state index contributed by atoms with van der Waals surface area (Å²) in [5.41, 5.74) is 1.94. The minimum absolute atomic E-state index is 0.216. The molecule has 0 aliphatic heterocycles. The van der Waals surface area contributed by atoms with Gasteiger partial charge in [-0.15, -0.1) is 0 Å². The van der Waals surface area contributed by atoms with Gasteiger partial charge in [0.05, 0.1) is 12.2 Å². The molecule has 4 N–H and O–H groups in total. The summed E-state index contributed by atoms with van der Waals surface area (Å²) >= 11 is 0. The van der Waals surface area contributed by atoms with Crippen molar-refractivity contribution in [2.75, 3.05) is 19.7 Å². The van der Waals surface area contributed by atoms with E-state index in [1.807, 2.05) is 18.2 Å². The molecule has 5 nitrogen and oxygen atoms in total. The molecule has 2 rings (SSSR count). The molecule has 0 saturated heterocycles. The fraction of sp³-hybridized carbons (Fsp3) is 0.647. The van der Waals surface area contributed by atoms with Crippen LogP contribution in [0.25, 0.3) is 0 Å². The molecular weight excluding hydrogens is 282 g/mol. The molecule has 5 heteroatoms. The average Bonchev–Trinajstić information content (AvgIpc) is 2.51. The lowest BCUT2D eigenvalue weighted by molar-refractivity contribution is 0.0132. The van der Waals surface area contributed by atoms with Crippen LogP contribution in [0.15, 0.2) is 18.2 Å². The molecule has 0 fully saturated rings. The van der Waals surface area contributed by atoms with E-state index in [-0.39, 0.29) is 6.61 Å². The molecule has 0 saturated carbocycles. The van der Waals surface area contributed by atoms with Gasteiger partial charge < -0.3 is 25.4 Å². The van der Waals surface area contributed by atoms with E-state index in [0.717, 1.165) is 30.5 Å². The highest BCUT2D eigenvalue weighted by atomic mass is 16.5. The van der Waals surface area contributed by atoms with Gasteiger partial charge in [0, 0.05) is 24.9 Å². The summed E-state index contributed by atoms with van der Waals surface area (Å²) in [6.07, 6.45) is 1.02. The van der Waals surface area contributed by atoms with E-state index < -0.39 is 18.3 Å². The van der Waals surface area contributed by atoms with Crippen molar-refractivity contribution in [2.45, 2.75) is 50.9 Å². The van der Waals surface area contributed by atoms with E-state index in [0.29, 0.717) is 25.1 Å². The van der Waals surface area contributed by atoms with Gasteiger partial charge in [0.15, 0.2) is 0 Å². The number of hydrogen-bond donors (Lipinski definition) is 4. The molecule has 1 aliphatic rings. The topological polar surface area (TPSA) is 82.0 Å². The molecule has 1 aromatic rings. The average molecular weight is 309 g/mol. The first-order valence-electron chi connectivity index (χ1n) is 8.10. The van der Waals surface area contributed by atoms with Gasteiger partial charge in [0.2, 0.25) is 0 Å². The van der Waals surface area contributed by atoms with E-state index in [1.54, 1.807) is 0 Å². The second kappa shape index (κ2) is 8.48. The normalized spacial score (nSPS) is 22.2. The van der Waals surface area contributed by atoms with Crippen LogP contribution in [0.5, 0.6) is 5.75 Å². The number of unbranched alkanes of at least 4 members (excludes halogenated alkanes) is 1. The molecule has 0 aromatic heterocycles. The lowest BCUT2D eigenvalue weighted by Crippen LogP contribution is -2.35. The van der Waals surface area contributed by atoms with Crippen LogP contribution in [0, 0.1) is 0 Å². The monoisotopic (exact) mass is 309 g/mol. The fourth-order valence-electron chi connectivity index (χ4n) is 2.69. The molecule has 0 heterocycles. The molecule has 0 amide bonds. The molecule has 22 heavy (non-hydrogen) atoms. The summed E-state index contributed by atoms with van der Waals surface area (Å²) in [5.74, 6) is 0.691. The van der Waals surface area contributed by atoms with Crippen LogP contribution in [0.1, 0.15) is 30.9 Å². The van der Waals surface area contributed by atoms with Gasteiger partial charge in [-0.25, -0.2) is 0 Å². The van der Waals surface area contributed by atoms with Crippen LogP contribution in [0.3, 0.4) is 0 Å². The number of aliphatic hydroxyl groups excluding tert-OH is 3. The number of aliphatic hydroxyl groups is 3. The second-order valence-corrected chi connectivity index (χ2v) is 5.96.